The van der Waals surface area contributed by atoms with Gasteiger partial charge in [0.25, 0.3) is 0 Å². The molecule has 1 N–H and O–H groups in total. The van der Waals surface area contributed by atoms with Crippen molar-refractivity contribution in [3.63, 3.8) is 0 Å². The van der Waals surface area contributed by atoms with Crippen molar-refractivity contribution >= 4 is 23.5 Å². The summed E-state index contributed by atoms with van der Waals surface area (Å²) in [5, 5.41) is 3.57. The van der Waals surface area contributed by atoms with Crippen molar-refractivity contribution in [2.45, 2.75) is 17.8 Å². The molecule has 2 atom stereocenters. The number of ketones is 1. The zero-order valence-electron chi connectivity index (χ0n) is 16.4. The third-order valence-corrected chi connectivity index (χ3v) is 6.77. The van der Waals surface area contributed by atoms with Crippen LogP contribution in [-0.4, -0.2) is 71.0 Å². The zero-order valence-corrected chi connectivity index (χ0v) is 17.2. The second kappa shape index (κ2) is 9.52. The molecule has 152 valence electrons. The molecule has 1 aromatic carbocycles. The van der Waals surface area contributed by atoms with Gasteiger partial charge in [-0.25, -0.2) is 0 Å². The predicted octanol–water partition coefficient (Wildman–Crippen LogP) is 2.20. The smallest absolute Gasteiger partial charge is 0.240 e. The van der Waals surface area contributed by atoms with E-state index in [1.54, 1.807) is 18.0 Å². The summed E-state index contributed by atoms with van der Waals surface area (Å²) >= 11 is 1.76. The minimum atomic E-state index is -0.142. The first-order chi connectivity index (χ1) is 14.2. The lowest BCUT2D eigenvalue weighted by Crippen LogP contribution is -2.53. The van der Waals surface area contributed by atoms with Crippen LogP contribution in [0.3, 0.4) is 0 Å². The van der Waals surface area contributed by atoms with Gasteiger partial charge in [0.05, 0.1) is 11.4 Å². The van der Waals surface area contributed by atoms with Crippen LogP contribution in [0.4, 0.5) is 0 Å². The molecule has 3 heterocycles. The third kappa shape index (κ3) is 5.04. The molecule has 1 aromatic heterocycles. The fraction of sp³-hybridized carbons (Fsp3) is 0.409. The number of Topliss-reactive ketones (excluding diaryl/α,β-unsaturated/α-hetero) is 1. The monoisotopic (exact) mass is 410 g/mol. The number of amides is 1. The predicted molar refractivity (Wildman–Crippen MR) is 115 cm³/mol. The summed E-state index contributed by atoms with van der Waals surface area (Å²) in [5.74, 6) is 1.14. The number of carbonyl (C=O) groups is 2. The Morgan fingerprint density at radius 1 is 1.07 bits per heavy atom. The van der Waals surface area contributed by atoms with Gasteiger partial charge in [-0.1, -0.05) is 36.4 Å². The standard InChI is InChI=1S/C22H26N4O2S/c27-20(17-5-2-1-3-6-17)8-10-25-11-13-26(14-12-25)22(28)19-16-29-21(24-19)18-7-4-9-23-15-18/h1-7,9,15,19,21,24H,8,10-14,16H2/t19-,21?/m0/s1. The summed E-state index contributed by atoms with van der Waals surface area (Å²) in [5.41, 5.74) is 1.88. The highest BCUT2D eigenvalue weighted by Crippen LogP contribution is 2.32. The number of aromatic nitrogens is 1. The first-order valence-corrected chi connectivity index (χ1v) is 11.1. The molecule has 0 spiro atoms. The topological polar surface area (TPSA) is 65.5 Å². The fourth-order valence-electron chi connectivity index (χ4n) is 3.78. The number of thioether (sulfide) groups is 1. The summed E-state index contributed by atoms with van der Waals surface area (Å²) in [6, 6.07) is 13.3. The van der Waals surface area contributed by atoms with Gasteiger partial charge >= 0.3 is 0 Å². The van der Waals surface area contributed by atoms with Crippen molar-refractivity contribution in [3.8, 4) is 0 Å². The van der Waals surface area contributed by atoms with Crippen LogP contribution in [0.1, 0.15) is 27.7 Å². The Bertz CT molecular complexity index is 825. The molecule has 2 aliphatic rings. The number of hydrogen-bond acceptors (Lipinski definition) is 6. The summed E-state index contributed by atoms with van der Waals surface area (Å²) in [4.78, 5) is 33.6. The van der Waals surface area contributed by atoms with E-state index in [2.05, 4.69) is 15.2 Å². The number of benzene rings is 1. The molecule has 0 saturated carbocycles. The third-order valence-electron chi connectivity index (χ3n) is 5.50. The van der Waals surface area contributed by atoms with E-state index in [-0.39, 0.29) is 23.1 Å². The van der Waals surface area contributed by atoms with Crippen LogP contribution in [0, 0.1) is 0 Å². The summed E-state index contributed by atoms with van der Waals surface area (Å²) in [6.07, 6.45) is 4.14. The molecule has 0 aliphatic carbocycles. The Balaban J connectivity index is 1.21. The van der Waals surface area contributed by atoms with Gasteiger partial charge in [0.2, 0.25) is 5.91 Å². The highest BCUT2D eigenvalue weighted by atomic mass is 32.2. The van der Waals surface area contributed by atoms with Gasteiger partial charge in [0.15, 0.2) is 5.78 Å². The first kappa shape index (κ1) is 20.1. The van der Waals surface area contributed by atoms with E-state index in [0.717, 1.165) is 49.6 Å². The van der Waals surface area contributed by atoms with Crippen LogP contribution in [0.15, 0.2) is 54.9 Å². The Morgan fingerprint density at radius 2 is 1.86 bits per heavy atom. The van der Waals surface area contributed by atoms with Gasteiger partial charge < -0.3 is 4.90 Å². The average Bonchev–Trinajstić information content (AvgIpc) is 3.29. The van der Waals surface area contributed by atoms with Crippen LogP contribution in [0.25, 0.3) is 0 Å². The maximum atomic E-state index is 12.9. The minimum absolute atomic E-state index is 0.128. The maximum Gasteiger partial charge on any atom is 0.240 e. The number of pyridine rings is 1. The van der Waals surface area contributed by atoms with E-state index in [4.69, 9.17) is 0 Å². The van der Waals surface area contributed by atoms with E-state index >= 15 is 0 Å². The van der Waals surface area contributed by atoms with Gasteiger partial charge in [-0.3, -0.25) is 24.8 Å². The lowest BCUT2D eigenvalue weighted by molar-refractivity contribution is -0.134. The molecule has 0 radical (unpaired) electrons. The zero-order chi connectivity index (χ0) is 20.1. The molecular weight excluding hydrogens is 384 g/mol. The second-order valence-corrected chi connectivity index (χ2v) is 8.56. The largest absolute Gasteiger partial charge is 0.339 e. The van der Waals surface area contributed by atoms with Crippen molar-refractivity contribution in [1.82, 2.24) is 20.1 Å². The van der Waals surface area contributed by atoms with Crippen molar-refractivity contribution in [3.05, 3.63) is 66.0 Å². The molecule has 2 fully saturated rings. The lowest BCUT2D eigenvalue weighted by atomic mass is 10.1. The van der Waals surface area contributed by atoms with Crippen molar-refractivity contribution in [2.75, 3.05) is 38.5 Å². The second-order valence-electron chi connectivity index (χ2n) is 7.43. The highest BCUT2D eigenvalue weighted by molar-refractivity contribution is 7.99. The average molecular weight is 411 g/mol. The normalized spacial score (nSPS) is 22.6. The van der Waals surface area contributed by atoms with E-state index in [1.807, 2.05) is 53.6 Å². The highest BCUT2D eigenvalue weighted by Gasteiger charge is 2.34. The van der Waals surface area contributed by atoms with E-state index in [0.29, 0.717) is 6.42 Å². The van der Waals surface area contributed by atoms with Gasteiger partial charge in [0, 0.05) is 62.9 Å². The number of nitrogens with one attached hydrogen (secondary N) is 1. The van der Waals surface area contributed by atoms with Crippen molar-refractivity contribution in [1.29, 1.82) is 0 Å². The summed E-state index contributed by atoms with van der Waals surface area (Å²) in [7, 11) is 0. The number of piperazine rings is 1. The lowest BCUT2D eigenvalue weighted by Gasteiger charge is -2.35. The van der Waals surface area contributed by atoms with E-state index < -0.39 is 0 Å². The molecule has 6 nitrogen and oxygen atoms in total. The van der Waals surface area contributed by atoms with Gasteiger partial charge in [-0.15, -0.1) is 11.8 Å². The van der Waals surface area contributed by atoms with Crippen LogP contribution in [-0.2, 0) is 4.79 Å². The number of hydrogen-bond donors (Lipinski definition) is 1. The van der Waals surface area contributed by atoms with E-state index in [1.165, 1.54) is 0 Å². The van der Waals surface area contributed by atoms with Crippen LogP contribution < -0.4 is 5.32 Å². The number of rotatable bonds is 6. The first-order valence-electron chi connectivity index (χ1n) is 10.1. The van der Waals surface area contributed by atoms with Crippen LogP contribution in [0.2, 0.25) is 0 Å². The van der Waals surface area contributed by atoms with Crippen molar-refractivity contribution < 1.29 is 9.59 Å². The van der Waals surface area contributed by atoms with Crippen LogP contribution >= 0.6 is 11.8 Å². The molecule has 2 saturated heterocycles. The Morgan fingerprint density at radius 3 is 2.59 bits per heavy atom. The minimum Gasteiger partial charge on any atom is -0.339 e. The van der Waals surface area contributed by atoms with Gasteiger partial charge in [0.1, 0.15) is 0 Å². The molecular formula is C22H26N4O2S. The Labute approximate surface area is 175 Å². The van der Waals surface area contributed by atoms with E-state index in [9.17, 15) is 9.59 Å². The molecule has 29 heavy (non-hydrogen) atoms. The quantitative estimate of drug-likeness (QED) is 0.737. The molecule has 7 heteroatoms. The molecule has 0 bridgehead atoms. The molecule has 2 aliphatic heterocycles. The number of carbonyl (C=O) groups excluding carboxylic acids is 2. The molecule has 2 aromatic rings. The number of nitrogens with zero attached hydrogens (tertiary/aromatic N) is 3. The summed E-state index contributed by atoms with van der Waals surface area (Å²) in [6.45, 7) is 3.83. The van der Waals surface area contributed by atoms with Crippen molar-refractivity contribution in [2.24, 2.45) is 0 Å². The maximum absolute atomic E-state index is 12.9. The Kier molecular flexibility index (Phi) is 6.59. The molecule has 1 amide bonds. The van der Waals surface area contributed by atoms with Gasteiger partial charge in [-0.05, 0) is 11.6 Å². The molecule has 1 unspecified atom stereocenters. The van der Waals surface area contributed by atoms with Crippen LogP contribution in [0.5, 0.6) is 0 Å². The fourth-order valence-corrected chi connectivity index (χ4v) is 4.99. The SMILES string of the molecule is O=C(CCN1CCN(C(=O)[C@@H]2CSC(c3cccnc3)N2)CC1)c1ccccc1. The van der Waals surface area contributed by atoms with Gasteiger partial charge in [-0.2, -0.15) is 0 Å². The Hall–Kier alpha value is -2.22. The summed E-state index contributed by atoms with van der Waals surface area (Å²) < 4.78 is 0. The molecule has 4 rings (SSSR count).